The van der Waals surface area contributed by atoms with Crippen molar-refractivity contribution in [2.24, 2.45) is 0 Å². The molecule has 1 atom stereocenters. The molecule has 0 saturated carbocycles. The Bertz CT molecular complexity index is 950. The minimum absolute atomic E-state index is 0.0679. The first kappa shape index (κ1) is 24.5. The van der Waals surface area contributed by atoms with Gasteiger partial charge in [0.2, 0.25) is 15.9 Å². The van der Waals surface area contributed by atoms with Gasteiger partial charge >= 0.3 is 0 Å². The second kappa shape index (κ2) is 11.6. The first-order valence-electron chi connectivity index (χ1n) is 9.45. The number of carbonyl (C=O) groups is 1. The minimum atomic E-state index is -3.84. The molecule has 0 aliphatic rings. The Hall–Kier alpha value is -1.74. The number of ether oxygens (including phenoxy) is 1. The number of thioether (sulfide) groups is 1. The summed E-state index contributed by atoms with van der Waals surface area (Å²) in [5.74, 6) is 1.05. The maximum Gasteiger partial charge on any atom is 0.241 e. The van der Waals surface area contributed by atoms with Crippen LogP contribution < -0.4 is 14.8 Å². The molecule has 0 radical (unpaired) electrons. The van der Waals surface area contributed by atoms with Gasteiger partial charge in [0.1, 0.15) is 11.8 Å². The normalized spacial score (nSPS) is 12.4. The number of rotatable bonds is 11. The summed E-state index contributed by atoms with van der Waals surface area (Å²) < 4.78 is 33.2. The number of carbonyl (C=O) groups excluding carboxylic acids is 1. The summed E-state index contributed by atoms with van der Waals surface area (Å²) >= 11 is 7.38. The maximum absolute atomic E-state index is 12.7. The Morgan fingerprint density at radius 3 is 2.53 bits per heavy atom. The van der Waals surface area contributed by atoms with Crippen LogP contribution in [0.1, 0.15) is 17.5 Å². The molecule has 0 aromatic heterocycles. The Kier molecular flexibility index (Phi) is 9.48. The van der Waals surface area contributed by atoms with Gasteiger partial charge in [-0.15, -0.1) is 0 Å². The molecule has 6 nitrogen and oxygen atoms in total. The van der Waals surface area contributed by atoms with Crippen molar-refractivity contribution in [2.75, 3.05) is 25.7 Å². The zero-order chi connectivity index (χ0) is 22.1. The second-order valence-electron chi connectivity index (χ2n) is 6.77. The Morgan fingerprint density at radius 1 is 1.20 bits per heavy atom. The highest BCUT2D eigenvalue weighted by Crippen LogP contribution is 2.20. The molecule has 30 heavy (non-hydrogen) atoms. The van der Waals surface area contributed by atoms with Crippen LogP contribution in [0.2, 0.25) is 5.02 Å². The predicted octanol–water partition coefficient (Wildman–Crippen LogP) is 3.42. The Labute approximate surface area is 187 Å². The summed E-state index contributed by atoms with van der Waals surface area (Å²) in [5, 5.41) is 3.28. The van der Waals surface area contributed by atoms with Gasteiger partial charge in [-0.2, -0.15) is 16.5 Å². The molecule has 164 valence electrons. The fraction of sp³-hybridized carbons (Fsp3) is 0.381. The highest BCUT2D eigenvalue weighted by Gasteiger charge is 2.25. The molecular formula is C21H27ClN2O4S2. The van der Waals surface area contributed by atoms with Crippen molar-refractivity contribution in [1.29, 1.82) is 0 Å². The molecule has 2 aromatic carbocycles. The summed E-state index contributed by atoms with van der Waals surface area (Å²) in [5.41, 5.74) is 2.09. The SMILES string of the molecule is COc1ccc(C)cc1CCNC(=O)C(CCSC)NS(=O)(=O)c1ccc(Cl)cc1. The van der Waals surface area contributed by atoms with Crippen molar-refractivity contribution >= 4 is 39.3 Å². The number of amides is 1. The minimum Gasteiger partial charge on any atom is -0.496 e. The highest BCUT2D eigenvalue weighted by atomic mass is 35.5. The van der Waals surface area contributed by atoms with Crippen LogP contribution in [0.25, 0.3) is 0 Å². The standard InChI is InChI=1S/C21H27ClN2O4S2/c1-15-4-9-20(28-2)16(14-15)10-12-23-21(25)19(11-13-29-3)24-30(26,27)18-7-5-17(22)6-8-18/h4-9,14,19,24H,10-13H2,1-3H3,(H,23,25). The van der Waals surface area contributed by atoms with Crippen LogP contribution in [0.5, 0.6) is 5.75 Å². The van der Waals surface area contributed by atoms with E-state index >= 15 is 0 Å². The lowest BCUT2D eigenvalue weighted by Crippen LogP contribution is -2.47. The topological polar surface area (TPSA) is 84.5 Å². The van der Waals surface area contributed by atoms with Crippen molar-refractivity contribution in [3.8, 4) is 5.75 Å². The summed E-state index contributed by atoms with van der Waals surface area (Å²) in [6.07, 6.45) is 2.87. The molecule has 0 spiro atoms. The van der Waals surface area contributed by atoms with Gasteiger partial charge in [0.15, 0.2) is 0 Å². The van der Waals surface area contributed by atoms with Gasteiger partial charge in [0.05, 0.1) is 12.0 Å². The number of sulfonamides is 1. The fourth-order valence-electron chi connectivity index (χ4n) is 2.89. The first-order chi connectivity index (χ1) is 14.3. The number of halogens is 1. The van der Waals surface area contributed by atoms with E-state index in [9.17, 15) is 13.2 Å². The molecule has 9 heteroatoms. The first-order valence-corrected chi connectivity index (χ1v) is 12.7. The summed E-state index contributed by atoms with van der Waals surface area (Å²) in [4.78, 5) is 12.8. The predicted molar refractivity (Wildman–Crippen MR) is 123 cm³/mol. The van der Waals surface area contributed by atoms with Crippen molar-refractivity contribution in [1.82, 2.24) is 10.0 Å². The van der Waals surface area contributed by atoms with Crippen molar-refractivity contribution in [2.45, 2.75) is 30.7 Å². The summed E-state index contributed by atoms with van der Waals surface area (Å²) in [6, 6.07) is 10.8. The third-order valence-corrected chi connectivity index (χ3v) is 6.86. The number of methoxy groups -OCH3 is 1. The van der Waals surface area contributed by atoms with Gasteiger partial charge < -0.3 is 10.1 Å². The number of nitrogens with one attached hydrogen (secondary N) is 2. The summed E-state index contributed by atoms with van der Waals surface area (Å²) in [7, 11) is -2.24. The molecule has 0 bridgehead atoms. The van der Waals surface area contributed by atoms with Crippen LogP contribution in [-0.4, -0.2) is 46.0 Å². The van der Waals surface area contributed by atoms with E-state index in [2.05, 4.69) is 10.0 Å². The number of hydrogen-bond donors (Lipinski definition) is 2. The molecule has 1 amide bonds. The van der Waals surface area contributed by atoms with Gasteiger partial charge in [0.25, 0.3) is 0 Å². The zero-order valence-corrected chi connectivity index (χ0v) is 19.7. The van der Waals surface area contributed by atoms with E-state index < -0.39 is 16.1 Å². The van der Waals surface area contributed by atoms with Crippen molar-refractivity contribution in [3.05, 3.63) is 58.6 Å². The molecule has 2 rings (SSSR count). The van der Waals surface area contributed by atoms with Gasteiger partial charge in [-0.3, -0.25) is 4.79 Å². The molecule has 0 aliphatic carbocycles. The van der Waals surface area contributed by atoms with E-state index in [1.807, 2.05) is 31.4 Å². The van der Waals surface area contributed by atoms with Crippen LogP contribution in [0.3, 0.4) is 0 Å². The second-order valence-corrected chi connectivity index (χ2v) is 9.90. The van der Waals surface area contributed by atoms with Gasteiger partial charge in [-0.1, -0.05) is 29.3 Å². The molecule has 2 aromatic rings. The monoisotopic (exact) mass is 470 g/mol. The Balaban J connectivity index is 2.04. The smallest absolute Gasteiger partial charge is 0.241 e. The number of hydrogen-bond acceptors (Lipinski definition) is 5. The third kappa shape index (κ3) is 7.19. The third-order valence-electron chi connectivity index (χ3n) is 4.48. The molecule has 0 fully saturated rings. The molecule has 1 unspecified atom stereocenters. The van der Waals surface area contributed by atoms with Crippen LogP contribution in [0.15, 0.2) is 47.4 Å². The molecule has 2 N–H and O–H groups in total. The lowest BCUT2D eigenvalue weighted by molar-refractivity contribution is -0.122. The van der Waals surface area contributed by atoms with E-state index in [-0.39, 0.29) is 10.8 Å². The average Bonchev–Trinajstić information content (AvgIpc) is 2.71. The number of benzene rings is 2. The fourth-order valence-corrected chi connectivity index (χ4v) is 4.72. The van der Waals surface area contributed by atoms with E-state index in [0.717, 1.165) is 16.9 Å². The van der Waals surface area contributed by atoms with Crippen LogP contribution in [0.4, 0.5) is 0 Å². The molecule has 0 aliphatic heterocycles. The van der Waals surface area contributed by atoms with Crippen molar-refractivity contribution in [3.63, 3.8) is 0 Å². The lowest BCUT2D eigenvalue weighted by Gasteiger charge is -2.18. The average molecular weight is 471 g/mol. The lowest BCUT2D eigenvalue weighted by atomic mass is 10.1. The molecule has 0 saturated heterocycles. The molecular weight excluding hydrogens is 444 g/mol. The number of aryl methyl sites for hydroxylation is 1. The maximum atomic E-state index is 12.7. The van der Waals surface area contributed by atoms with Gasteiger partial charge in [-0.05, 0) is 67.7 Å². The van der Waals surface area contributed by atoms with Gasteiger partial charge in [0, 0.05) is 11.6 Å². The Morgan fingerprint density at radius 2 is 1.90 bits per heavy atom. The van der Waals surface area contributed by atoms with E-state index in [4.69, 9.17) is 16.3 Å². The van der Waals surface area contributed by atoms with Crippen LogP contribution in [0, 0.1) is 6.92 Å². The van der Waals surface area contributed by atoms with E-state index in [1.165, 1.54) is 24.3 Å². The summed E-state index contributed by atoms with van der Waals surface area (Å²) in [6.45, 7) is 2.36. The van der Waals surface area contributed by atoms with E-state index in [0.29, 0.717) is 30.2 Å². The zero-order valence-electron chi connectivity index (χ0n) is 17.3. The van der Waals surface area contributed by atoms with Gasteiger partial charge in [-0.25, -0.2) is 8.42 Å². The van der Waals surface area contributed by atoms with Crippen LogP contribution >= 0.6 is 23.4 Å². The quantitative estimate of drug-likeness (QED) is 0.525. The van der Waals surface area contributed by atoms with Crippen LogP contribution in [-0.2, 0) is 21.2 Å². The van der Waals surface area contributed by atoms with E-state index in [1.54, 1.807) is 18.9 Å². The molecule has 0 heterocycles. The highest BCUT2D eigenvalue weighted by molar-refractivity contribution is 7.98. The van der Waals surface area contributed by atoms with Crippen molar-refractivity contribution < 1.29 is 17.9 Å². The largest absolute Gasteiger partial charge is 0.496 e.